The molecule has 0 bridgehead atoms. The molecule has 1 aromatic carbocycles. The number of halogens is 3. The van der Waals surface area contributed by atoms with Gasteiger partial charge < -0.3 is 0 Å². The molecule has 0 aliphatic heterocycles. The summed E-state index contributed by atoms with van der Waals surface area (Å²) < 4.78 is 2.86. The second-order valence-corrected chi connectivity index (χ2v) is 4.85. The summed E-state index contributed by atoms with van der Waals surface area (Å²) in [6.07, 6.45) is 1.89. The average Bonchev–Trinajstić information content (AvgIpc) is 2.66. The van der Waals surface area contributed by atoms with Crippen LogP contribution >= 0.6 is 45.8 Å². The van der Waals surface area contributed by atoms with E-state index < -0.39 is 0 Å². The van der Waals surface area contributed by atoms with E-state index in [0.717, 1.165) is 20.0 Å². The molecule has 0 N–H and O–H groups in total. The highest BCUT2D eigenvalue weighted by atomic mass is 127. The van der Waals surface area contributed by atoms with E-state index in [1.807, 2.05) is 30.5 Å². The Kier molecular flexibility index (Phi) is 3.53. The second-order valence-electron chi connectivity index (χ2n) is 2.98. The summed E-state index contributed by atoms with van der Waals surface area (Å²) in [5.41, 5.74) is 1.87. The van der Waals surface area contributed by atoms with Gasteiger partial charge in [0.2, 0.25) is 0 Å². The average molecular weight is 353 g/mol. The zero-order chi connectivity index (χ0) is 10.8. The molecule has 15 heavy (non-hydrogen) atoms. The van der Waals surface area contributed by atoms with Crippen LogP contribution in [0.25, 0.3) is 5.69 Å². The number of alkyl halides is 1. The Morgan fingerprint density at radius 3 is 2.73 bits per heavy atom. The van der Waals surface area contributed by atoms with E-state index in [1.165, 1.54) is 0 Å². The van der Waals surface area contributed by atoms with Crippen molar-refractivity contribution in [1.29, 1.82) is 0 Å². The summed E-state index contributed by atoms with van der Waals surface area (Å²) in [4.78, 5) is 0. The summed E-state index contributed by atoms with van der Waals surface area (Å²) in [6, 6.07) is 7.59. The first-order chi connectivity index (χ1) is 7.20. The van der Waals surface area contributed by atoms with Crippen molar-refractivity contribution in [3.63, 3.8) is 0 Å². The van der Waals surface area contributed by atoms with Crippen molar-refractivity contribution in [2.75, 3.05) is 0 Å². The Hall–Kier alpha value is -0.260. The number of hydrogen-bond donors (Lipinski definition) is 0. The van der Waals surface area contributed by atoms with Crippen molar-refractivity contribution < 1.29 is 0 Å². The van der Waals surface area contributed by atoms with Crippen LogP contribution in [0.15, 0.2) is 30.5 Å². The highest BCUT2D eigenvalue weighted by Gasteiger charge is 2.04. The lowest BCUT2D eigenvalue weighted by atomic mass is 10.3. The van der Waals surface area contributed by atoms with Crippen LogP contribution in [-0.2, 0) is 5.88 Å². The van der Waals surface area contributed by atoms with Crippen LogP contribution in [0.5, 0.6) is 0 Å². The van der Waals surface area contributed by atoms with Gasteiger partial charge in [0.15, 0.2) is 0 Å². The Balaban J connectivity index is 2.44. The third-order valence-electron chi connectivity index (χ3n) is 1.94. The topological polar surface area (TPSA) is 17.8 Å². The zero-order valence-corrected chi connectivity index (χ0v) is 11.3. The van der Waals surface area contributed by atoms with Gasteiger partial charge in [-0.15, -0.1) is 11.6 Å². The Morgan fingerprint density at radius 1 is 1.33 bits per heavy atom. The van der Waals surface area contributed by atoms with Gasteiger partial charge in [-0.3, -0.25) is 0 Å². The maximum atomic E-state index is 5.88. The lowest BCUT2D eigenvalue weighted by molar-refractivity contribution is 0.854. The molecule has 0 unspecified atom stereocenters. The first-order valence-electron chi connectivity index (χ1n) is 4.26. The highest BCUT2D eigenvalue weighted by molar-refractivity contribution is 14.1. The predicted octanol–water partition coefficient (Wildman–Crippen LogP) is 3.87. The van der Waals surface area contributed by atoms with Gasteiger partial charge in [-0.2, -0.15) is 5.10 Å². The fourth-order valence-corrected chi connectivity index (χ4v) is 2.50. The van der Waals surface area contributed by atoms with Crippen molar-refractivity contribution >= 4 is 45.8 Å². The van der Waals surface area contributed by atoms with Gasteiger partial charge in [0.05, 0.1) is 17.3 Å². The maximum absolute atomic E-state index is 5.88. The number of benzene rings is 1. The summed E-state index contributed by atoms with van der Waals surface area (Å²) in [7, 11) is 0. The molecule has 1 aromatic heterocycles. The molecule has 0 aliphatic carbocycles. The fourth-order valence-electron chi connectivity index (χ4n) is 1.23. The van der Waals surface area contributed by atoms with Crippen LogP contribution < -0.4 is 0 Å². The van der Waals surface area contributed by atoms with E-state index >= 15 is 0 Å². The quantitative estimate of drug-likeness (QED) is 0.592. The molecule has 0 atom stereocenters. The van der Waals surface area contributed by atoms with Crippen molar-refractivity contribution in [3.8, 4) is 5.69 Å². The van der Waals surface area contributed by atoms with Crippen LogP contribution in [0.4, 0.5) is 0 Å². The molecule has 0 spiro atoms. The van der Waals surface area contributed by atoms with E-state index in [2.05, 4.69) is 27.7 Å². The minimum atomic E-state index is 0.428. The van der Waals surface area contributed by atoms with Gasteiger partial charge in [0.25, 0.3) is 0 Å². The monoisotopic (exact) mass is 352 g/mol. The molecule has 2 rings (SSSR count). The molecule has 78 valence electrons. The molecule has 0 fully saturated rings. The van der Waals surface area contributed by atoms with E-state index in [4.69, 9.17) is 23.2 Å². The molecular weight excluding hydrogens is 346 g/mol. The van der Waals surface area contributed by atoms with Gasteiger partial charge in [-0.1, -0.05) is 11.6 Å². The molecule has 0 radical (unpaired) electrons. The molecule has 0 amide bonds. The summed E-state index contributed by atoms with van der Waals surface area (Å²) >= 11 is 13.8. The van der Waals surface area contributed by atoms with Gasteiger partial charge in [-0.05, 0) is 46.9 Å². The maximum Gasteiger partial charge on any atom is 0.0780 e. The normalized spacial score (nSPS) is 10.6. The zero-order valence-electron chi connectivity index (χ0n) is 7.62. The van der Waals surface area contributed by atoms with Gasteiger partial charge in [-0.25, -0.2) is 4.68 Å². The third kappa shape index (κ3) is 2.46. The first kappa shape index (κ1) is 11.2. The SMILES string of the molecule is ClCc1ccn(-c2ccc(Cl)cc2I)n1. The summed E-state index contributed by atoms with van der Waals surface area (Å²) in [5, 5.41) is 5.06. The van der Waals surface area contributed by atoms with E-state index in [0.29, 0.717) is 5.88 Å². The smallest absolute Gasteiger partial charge is 0.0780 e. The van der Waals surface area contributed by atoms with Gasteiger partial charge in [0, 0.05) is 14.8 Å². The van der Waals surface area contributed by atoms with Crippen LogP contribution in [-0.4, -0.2) is 9.78 Å². The number of rotatable bonds is 2. The number of hydrogen-bond acceptors (Lipinski definition) is 1. The fraction of sp³-hybridized carbons (Fsp3) is 0.100. The largest absolute Gasteiger partial charge is 0.240 e. The third-order valence-corrected chi connectivity index (χ3v) is 3.31. The molecule has 0 aliphatic rings. The van der Waals surface area contributed by atoms with E-state index in [-0.39, 0.29) is 0 Å². The molecule has 5 heteroatoms. The highest BCUT2D eigenvalue weighted by Crippen LogP contribution is 2.21. The van der Waals surface area contributed by atoms with Crippen molar-refractivity contribution in [2.24, 2.45) is 0 Å². The Morgan fingerprint density at radius 2 is 2.13 bits per heavy atom. The van der Waals surface area contributed by atoms with Crippen molar-refractivity contribution in [2.45, 2.75) is 5.88 Å². The minimum Gasteiger partial charge on any atom is -0.240 e. The standard InChI is InChI=1S/C10H7Cl2IN2/c11-6-8-3-4-15(14-8)10-2-1-7(12)5-9(10)13/h1-5H,6H2. The van der Waals surface area contributed by atoms with Crippen LogP contribution in [0.1, 0.15) is 5.69 Å². The Labute approximate surface area is 111 Å². The Bertz CT molecular complexity index is 482. The molecule has 2 nitrogen and oxygen atoms in total. The van der Waals surface area contributed by atoms with Crippen molar-refractivity contribution in [1.82, 2.24) is 9.78 Å². The van der Waals surface area contributed by atoms with Crippen LogP contribution in [0.2, 0.25) is 5.02 Å². The predicted molar refractivity (Wildman–Crippen MR) is 70.8 cm³/mol. The van der Waals surface area contributed by atoms with E-state index in [9.17, 15) is 0 Å². The number of nitrogens with zero attached hydrogens (tertiary/aromatic N) is 2. The summed E-state index contributed by atoms with van der Waals surface area (Å²) in [6.45, 7) is 0. The summed E-state index contributed by atoms with van der Waals surface area (Å²) in [5.74, 6) is 0.428. The van der Waals surface area contributed by atoms with Gasteiger partial charge >= 0.3 is 0 Å². The molecule has 0 saturated heterocycles. The van der Waals surface area contributed by atoms with Gasteiger partial charge in [0.1, 0.15) is 0 Å². The van der Waals surface area contributed by atoms with Crippen molar-refractivity contribution in [3.05, 3.63) is 44.7 Å². The van der Waals surface area contributed by atoms with E-state index in [1.54, 1.807) is 4.68 Å². The lowest BCUT2D eigenvalue weighted by Crippen LogP contribution is -1.98. The minimum absolute atomic E-state index is 0.428. The molecule has 0 saturated carbocycles. The molecule has 1 heterocycles. The van der Waals surface area contributed by atoms with Crippen LogP contribution in [0.3, 0.4) is 0 Å². The second kappa shape index (κ2) is 4.72. The number of aromatic nitrogens is 2. The first-order valence-corrected chi connectivity index (χ1v) is 6.26. The molecular formula is C10H7Cl2IN2. The lowest BCUT2D eigenvalue weighted by Gasteiger charge is -2.04. The molecule has 2 aromatic rings. The van der Waals surface area contributed by atoms with Crippen LogP contribution in [0, 0.1) is 3.57 Å².